The van der Waals surface area contributed by atoms with Crippen LogP contribution in [0.15, 0.2) is 0 Å². The zero-order valence-electron chi connectivity index (χ0n) is 11.3. The van der Waals surface area contributed by atoms with Gasteiger partial charge in [0, 0.05) is 17.7 Å². The highest BCUT2D eigenvalue weighted by atomic mass is 32.2. The minimum atomic E-state index is 0.143. The van der Waals surface area contributed by atoms with Crippen LogP contribution in [-0.2, 0) is 4.79 Å². The third-order valence-electron chi connectivity index (χ3n) is 3.50. The van der Waals surface area contributed by atoms with Crippen LogP contribution in [0.25, 0.3) is 0 Å². The molecule has 1 rings (SSSR count). The van der Waals surface area contributed by atoms with E-state index in [0.29, 0.717) is 6.42 Å². The Morgan fingerprint density at radius 3 is 2.65 bits per heavy atom. The van der Waals surface area contributed by atoms with Crippen LogP contribution in [0.4, 0.5) is 0 Å². The first-order chi connectivity index (χ1) is 8.03. The summed E-state index contributed by atoms with van der Waals surface area (Å²) >= 11 is 1.79. The summed E-state index contributed by atoms with van der Waals surface area (Å²) in [4.78, 5) is 11.7. The molecule has 0 aromatic carbocycles. The van der Waals surface area contributed by atoms with E-state index in [0.717, 1.165) is 32.0 Å². The van der Waals surface area contributed by atoms with Crippen molar-refractivity contribution in [3.05, 3.63) is 0 Å². The molecule has 17 heavy (non-hydrogen) atoms. The van der Waals surface area contributed by atoms with Crippen molar-refractivity contribution in [2.75, 3.05) is 25.9 Å². The molecule has 3 nitrogen and oxygen atoms in total. The van der Waals surface area contributed by atoms with Gasteiger partial charge in [0.15, 0.2) is 0 Å². The summed E-state index contributed by atoms with van der Waals surface area (Å²) in [6, 6.07) is 0. The number of hydrogen-bond donors (Lipinski definition) is 2. The van der Waals surface area contributed by atoms with E-state index in [1.165, 1.54) is 12.8 Å². The van der Waals surface area contributed by atoms with Crippen molar-refractivity contribution in [3.8, 4) is 0 Å². The number of nitrogens with one attached hydrogen (secondary N) is 2. The van der Waals surface area contributed by atoms with E-state index in [9.17, 15) is 4.79 Å². The molecule has 1 amide bonds. The maximum atomic E-state index is 11.7. The molecule has 0 unspecified atom stereocenters. The maximum Gasteiger partial charge on any atom is 0.220 e. The lowest BCUT2D eigenvalue weighted by Crippen LogP contribution is -2.36. The third-order valence-corrected chi connectivity index (χ3v) is 4.75. The Labute approximate surface area is 109 Å². The van der Waals surface area contributed by atoms with Gasteiger partial charge in [0.05, 0.1) is 0 Å². The standard InChI is InChI=1S/C13H26N2OS/c1-13(2,17-3)10-15-12(16)5-4-11-6-8-14-9-7-11/h11,14H,4-10H2,1-3H3,(H,15,16). The van der Waals surface area contributed by atoms with Gasteiger partial charge in [-0.1, -0.05) is 0 Å². The summed E-state index contributed by atoms with van der Waals surface area (Å²) in [5.41, 5.74) is 0. The molecule has 0 spiro atoms. The minimum Gasteiger partial charge on any atom is -0.355 e. The Morgan fingerprint density at radius 1 is 1.41 bits per heavy atom. The van der Waals surface area contributed by atoms with Crippen LogP contribution in [0, 0.1) is 5.92 Å². The lowest BCUT2D eigenvalue weighted by atomic mass is 9.93. The molecule has 1 heterocycles. The lowest BCUT2D eigenvalue weighted by molar-refractivity contribution is -0.121. The van der Waals surface area contributed by atoms with Crippen LogP contribution in [0.3, 0.4) is 0 Å². The first kappa shape index (κ1) is 14.8. The first-order valence-electron chi connectivity index (χ1n) is 6.56. The number of rotatable bonds is 6. The normalized spacial score (nSPS) is 18.1. The maximum absolute atomic E-state index is 11.7. The van der Waals surface area contributed by atoms with Crippen molar-refractivity contribution in [3.63, 3.8) is 0 Å². The number of carbonyl (C=O) groups is 1. The second-order valence-electron chi connectivity index (χ2n) is 5.47. The fraction of sp³-hybridized carbons (Fsp3) is 0.923. The van der Waals surface area contributed by atoms with Gasteiger partial charge in [-0.2, -0.15) is 11.8 Å². The van der Waals surface area contributed by atoms with E-state index in [1.807, 2.05) is 0 Å². The van der Waals surface area contributed by atoms with Gasteiger partial charge in [-0.25, -0.2) is 0 Å². The highest BCUT2D eigenvalue weighted by Gasteiger charge is 2.18. The van der Waals surface area contributed by atoms with Crippen LogP contribution in [-0.4, -0.2) is 36.5 Å². The predicted molar refractivity (Wildman–Crippen MR) is 75.4 cm³/mol. The molecule has 0 aromatic rings. The Hall–Kier alpha value is -0.220. The van der Waals surface area contributed by atoms with Gasteiger partial charge in [-0.15, -0.1) is 0 Å². The SMILES string of the molecule is CSC(C)(C)CNC(=O)CCC1CCNCC1. The first-order valence-corrected chi connectivity index (χ1v) is 7.78. The summed E-state index contributed by atoms with van der Waals surface area (Å²) in [5.74, 6) is 0.959. The Kier molecular flexibility index (Phi) is 6.34. The van der Waals surface area contributed by atoms with Crippen molar-refractivity contribution in [2.45, 2.75) is 44.3 Å². The monoisotopic (exact) mass is 258 g/mol. The largest absolute Gasteiger partial charge is 0.355 e. The Morgan fingerprint density at radius 2 is 2.06 bits per heavy atom. The number of thioether (sulfide) groups is 1. The predicted octanol–water partition coefficient (Wildman–Crippen LogP) is 2.02. The molecule has 1 aliphatic rings. The molecule has 1 fully saturated rings. The van der Waals surface area contributed by atoms with Crippen molar-refractivity contribution >= 4 is 17.7 Å². The van der Waals surface area contributed by atoms with Gasteiger partial charge in [-0.3, -0.25) is 4.79 Å². The van der Waals surface area contributed by atoms with Crippen molar-refractivity contribution in [1.82, 2.24) is 10.6 Å². The van der Waals surface area contributed by atoms with Crippen LogP contribution in [0.2, 0.25) is 0 Å². The topological polar surface area (TPSA) is 41.1 Å². The van der Waals surface area contributed by atoms with E-state index >= 15 is 0 Å². The van der Waals surface area contributed by atoms with Gasteiger partial charge >= 0.3 is 0 Å². The second kappa shape index (κ2) is 7.27. The third kappa shape index (κ3) is 6.32. The Balaban J connectivity index is 2.12. The molecule has 0 bridgehead atoms. The quantitative estimate of drug-likeness (QED) is 0.766. The lowest BCUT2D eigenvalue weighted by Gasteiger charge is -2.24. The Bertz CT molecular complexity index is 238. The highest BCUT2D eigenvalue weighted by Crippen LogP contribution is 2.20. The molecule has 0 saturated carbocycles. The van der Waals surface area contributed by atoms with Gasteiger partial charge in [-0.05, 0) is 58.4 Å². The van der Waals surface area contributed by atoms with E-state index in [-0.39, 0.29) is 10.7 Å². The van der Waals surface area contributed by atoms with E-state index in [4.69, 9.17) is 0 Å². The summed E-state index contributed by atoms with van der Waals surface area (Å²) in [5, 5.41) is 6.39. The molecule has 0 aromatic heterocycles. The average molecular weight is 258 g/mol. The minimum absolute atomic E-state index is 0.143. The van der Waals surface area contributed by atoms with Crippen LogP contribution in [0.5, 0.6) is 0 Å². The smallest absolute Gasteiger partial charge is 0.220 e. The molecule has 4 heteroatoms. The highest BCUT2D eigenvalue weighted by molar-refractivity contribution is 7.99. The van der Waals surface area contributed by atoms with Crippen molar-refractivity contribution in [1.29, 1.82) is 0 Å². The van der Waals surface area contributed by atoms with E-state index < -0.39 is 0 Å². The molecule has 0 radical (unpaired) electrons. The second-order valence-corrected chi connectivity index (χ2v) is 6.99. The summed E-state index contributed by atoms with van der Waals surface area (Å²) < 4.78 is 0.143. The van der Waals surface area contributed by atoms with Gasteiger partial charge in [0.2, 0.25) is 5.91 Å². The van der Waals surface area contributed by atoms with Crippen molar-refractivity contribution < 1.29 is 4.79 Å². The van der Waals surface area contributed by atoms with E-state index in [2.05, 4.69) is 30.7 Å². The fourth-order valence-corrected chi connectivity index (χ4v) is 2.19. The molecule has 1 aliphatic heterocycles. The average Bonchev–Trinajstić information content (AvgIpc) is 2.35. The van der Waals surface area contributed by atoms with Crippen LogP contribution >= 0.6 is 11.8 Å². The summed E-state index contributed by atoms with van der Waals surface area (Å²) in [6.45, 7) is 7.31. The zero-order chi connectivity index (χ0) is 12.7. The number of amides is 1. The summed E-state index contributed by atoms with van der Waals surface area (Å²) in [6.07, 6.45) is 6.27. The molecule has 1 saturated heterocycles. The molecule has 2 N–H and O–H groups in total. The van der Waals surface area contributed by atoms with Gasteiger partial charge in [0.25, 0.3) is 0 Å². The van der Waals surface area contributed by atoms with E-state index in [1.54, 1.807) is 11.8 Å². The number of hydrogen-bond acceptors (Lipinski definition) is 3. The molecular formula is C13H26N2OS. The van der Waals surface area contributed by atoms with Gasteiger partial charge in [0.1, 0.15) is 0 Å². The number of piperidine rings is 1. The molecule has 100 valence electrons. The molecule has 0 atom stereocenters. The fourth-order valence-electron chi connectivity index (χ4n) is 1.98. The summed E-state index contributed by atoms with van der Waals surface area (Å²) in [7, 11) is 0. The number of carbonyl (C=O) groups excluding carboxylic acids is 1. The van der Waals surface area contributed by atoms with Crippen LogP contribution < -0.4 is 10.6 Å². The molecular weight excluding hydrogens is 232 g/mol. The molecule has 0 aliphatic carbocycles. The van der Waals surface area contributed by atoms with Crippen molar-refractivity contribution in [2.24, 2.45) is 5.92 Å². The zero-order valence-corrected chi connectivity index (χ0v) is 12.2. The van der Waals surface area contributed by atoms with Crippen LogP contribution in [0.1, 0.15) is 39.5 Å². The van der Waals surface area contributed by atoms with Gasteiger partial charge < -0.3 is 10.6 Å².